The Bertz CT molecular complexity index is 641. The van der Waals surface area contributed by atoms with Crippen molar-refractivity contribution in [3.05, 3.63) is 35.8 Å². The lowest BCUT2D eigenvalue weighted by atomic mass is 10.1. The maximum Gasteiger partial charge on any atom is 0.341 e. The molecular formula is C13H13F2N3O2. The minimum atomic E-state index is -0.995. The van der Waals surface area contributed by atoms with Gasteiger partial charge < -0.3 is 4.74 Å². The summed E-state index contributed by atoms with van der Waals surface area (Å²) in [7, 11) is 0. The van der Waals surface area contributed by atoms with Gasteiger partial charge in [-0.3, -0.25) is 4.68 Å². The molecule has 0 aliphatic heterocycles. The molecule has 0 unspecified atom stereocenters. The number of halogens is 2. The molecule has 0 radical (unpaired) electrons. The molecule has 5 nitrogen and oxygen atoms in total. The molecule has 0 atom stereocenters. The Morgan fingerprint density at radius 1 is 1.35 bits per heavy atom. The molecule has 0 N–H and O–H groups in total. The SMILES string of the molecule is CCOC(=O)c1cnn(CC)c1-c1ccc(F)nc1F. The van der Waals surface area contributed by atoms with Crippen molar-refractivity contribution in [3.63, 3.8) is 0 Å². The minimum Gasteiger partial charge on any atom is -0.462 e. The lowest BCUT2D eigenvalue weighted by Gasteiger charge is -2.08. The summed E-state index contributed by atoms with van der Waals surface area (Å²) >= 11 is 0. The van der Waals surface area contributed by atoms with Crippen molar-refractivity contribution >= 4 is 5.97 Å². The van der Waals surface area contributed by atoms with Crippen LogP contribution in [0.15, 0.2) is 18.3 Å². The van der Waals surface area contributed by atoms with Gasteiger partial charge in [0.1, 0.15) is 5.56 Å². The molecule has 0 fully saturated rings. The molecular weight excluding hydrogens is 268 g/mol. The minimum absolute atomic E-state index is 0.00815. The van der Waals surface area contributed by atoms with Crippen molar-refractivity contribution < 1.29 is 18.3 Å². The molecule has 0 aliphatic rings. The molecule has 2 heterocycles. The number of rotatable bonds is 4. The number of hydrogen-bond donors (Lipinski definition) is 0. The van der Waals surface area contributed by atoms with E-state index in [0.29, 0.717) is 6.54 Å². The van der Waals surface area contributed by atoms with E-state index < -0.39 is 17.9 Å². The van der Waals surface area contributed by atoms with Gasteiger partial charge >= 0.3 is 5.97 Å². The first kappa shape index (κ1) is 14.1. The van der Waals surface area contributed by atoms with Gasteiger partial charge in [-0.1, -0.05) is 0 Å². The van der Waals surface area contributed by atoms with Gasteiger partial charge in [0.15, 0.2) is 0 Å². The third kappa shape index (κ3) is 2.52. The van der Waals surface area contributed by atoms with Gasteiger partial charge in [0.05, 0.1) is 24.1 Å². The zero-order valence-corrected chi connectivity index (χ0v) is 11.1. The van der Waals surface area contributed by atoms with Crippen LogP contribution in [0.4, 0.5) is 8.78 Å². The smallest absolute Gasteiger partial charge is 0.341 e. The van der Waals surface area contributed by atoms with Crippen LogP contribution in [0.1, 0.15) is 24.2 Å². The summed E-state index contributed by atoms with van der Waals surface area (Å²) in [6, 6.07) is 2.25. The fraction of sp³-hybridized carbons (Fsp3) is 0.308. The van der Waals surface area contributed by atoms with Crippen LogP contribution >= 0.6 is 0 Å². The van der Waals surface area contributed by atoms with Crippen molar-refractivity contribution in [1.29, 1.82) is 0 Å². The molecule has 106 valence electrons. The van der Waals surface area contributed by atoms with Crippen molar-refractivity contribution in [3.8, 4) is 11.3 Å². The quantitative estimate of drug-likeness (QED) is 0.638. The van der Waals surface area contributed by atoms with Crippen LogP contribution in [-0.4, -0.2) is 27.3 Å². The molecule has 2 rings (SSSR count). The monoisotopic (exact) mass is 281 g/mol. The average Bonchev–Trinajstić information content (AvgIpc) is 2.82. The fourth-order valence-corrected chi connectivity index (χ4v) is 1.86. The van der Waals surface area contributed by atoms with E-state index in [1.807, 2.05) is 0 Å². The zero-order chi connectivity index (χ0) is 14.7. The Morgan fingerprint density at radius 3 is 2.70 bits per heavy atom. The van der Waals surface area contributed by atoms with Gasteiger partial charge in [-0.2, -0.15) is 18.9 Å². The molecule has 0 amide bonds. The van der Waals surface area contributed by atoms with Crippen LogP contribution in [-0.2, 0) is 11.3 Å². The Kier molecular flexibility index (Phi) is 4.07. The summed E-state index contributed by atoms with van der Waals surface area (Å²) in [6.07, 6.45) is 1.31. The molecule has 0 saturated carbocycles. The second-order valence-electron chi connectivity index (χ2n) is 3.92. The first-order chi connectivity index (χ1) is 9.58. The molecule has 0 spiro atoms. The largest absolute Gasteiger partial charge is 0.462 e. The highest BCUT2D eigenvalue weighted by Crippen LogP contribution is 2.26. The van der Waals surface area contributed by atoms with E-state index in [9.17, 15) is 13.6 Å². The van der Waals surface area contributed by atoms with Crippen LogP contribution in [0.5, 0.6) is 0 Å². The van der Waals surface area contributed by atoms with E-state index >= 15 is 0 Å². The molecule has 7 heteroatoms. The summed E-state index contributed by atoms with van der Waals surface area (Å²) < 4.78 is 33.0. The van der Waals surface area contributed by atoms with Crippen LogP contribution in [0, 0.1) is 11.9 Å². The second-order valence-corrected chi connectivity index (χ2v) is 3.92. The van der Waals surface area contributed by atoms with Crippen molar-refractivity contribution in [2.24, 2.45) is 0 Å². The molecule has 0 aromatic carbocycles. The summed E-state index contributed by atoms with van der Waals surface area (Å²) in [5.74, 6) is -2.52. The maximum absolute atomic E-state index is 13.8. The normalized spacial score (nSPS) is 10.6. The van der Waals surface area contributed by atoms with E-state index in [1.165, 1.54) is 16.9 Å². The number of aryl methyl sites for hydroxylation is 1. The highest BCUT2D eigenvalue weighted by molar-refractivity contribution is 5.96. The van der Waals surface area contributed by atoms with Crippen LogP contribution in [0.25, 0.3) is 11.3 Å². The Morgan fingerprint density at radius 2 is 2.10 bits per heavy atom. The number of carbonyl (C=O) groups excluding carboxylic acids is 1. The predicted octanol–water partition coefficient (Wildman–Crippen LogP) is 2.42. The predicted molar refractivity (Wildman–Crippen MR) is 67.0 cm³/mol. The third-order valence-corrected chi connectivity index (χ3v) is 2.70. The molecule has 20 heavy (non-hydrogen) atoms. The van der Waals surface area contributed by atoms with E-state index in [-0.39, 0.29) is 23.4 Å². The van der Waals surface area contributed by atoms with E-state index in [1.54, 1.807) is 13.8 Å². The number of ether oxygens (including phenoxy) is 1. The van der Waals surface area contributed by atoms with E-state index in [0.717, 1.165) is 6.07 Å². The zero-order valence-electron chi connectivity index (χ0n) is 11.1. The average molecular weight is 281 g/mol. The number of aromatic nitrogens is 3. The van der Waals surface area contributed by atoms with Gasteiger partial charge in [-0.05, 0) is 26.0 Å². The van der Waals surface area contributed by atoms with Gasteiger partial charge in [-0.15, -0.1) is 0 Å². The van der Waals surface area contributed by atoms with Crippen LogP contribution < -0.4 is 0 Å². The topological polar surface area (TPSA) is 57.0 Å². The lowest BCUT2D eigenvalue weighted by Crippen LogP contribution is -2.08. The molecule has 0 aliphatic carbocycles. The second kappa shape index (κ2) is 5.77. The maximum atomic E-state index is 13.8. The summed E-state index contributed by atoms with van der Waals surface area (Å²) in [4.78, 5) is 15.0. The van der Waals surface area contributed by atoms with Gasteiger partial charge in [0.25, 0.3) is 0 Å². The van der Waals surface area contributed by atoms with Crippen molar-refractivity contribution in [1.82, 2.24) is 14.8 Å². The number of nitrogens with zero attached hydrogens (tertiary/aromatic N) is 3. The standard InChI is InChI=1S/C13H13F2N3O2/c1-3-18-11(8-5-6-10(14)17-12(8)15)9(7-16-18)13(19)20-4-2/h5-7H,3-4H2,1-2H3. The molecule has 2 aromatic heterocycles. The molecule has 2 aromatic rings. The Hall–Kier alpha value is -2.31. The van der Waals surface area contributed by atoms with E-state index in [2.05, 4.69) is 10.1 Å². The number of esters is 1. The van der Waals surface area contributed by atoms with Crippen molar-refractivity contribution in [2.45, 2.75) is 20.4 Å². The Labute approximate surface area is 114 Å². The van der Waals surface area contributed by atoms with Crippen molar-refractivity contribution in [2.75, 3.05) is 6.61 Å². The molecule has 0 bridgehead atoms. The number of pyridine rings is 1. The first-order valence-electron chi connectivity index (χ1n) is 6.13. The van der Waals surface area contributed by atoms with E-state index in [4.69, 9.17) is 4.74 Å². The summed E-state index contributed by atoms with van der Waals surface area (Å²) in [5, 5.41) is 4.01. The lowest BCUT2D eigenvalue weighted by molar-refractivity contribution is 0.0527. The van der Waals surface area contributed by atoms with Crippen LogP contribution in [0.2, 0.25) is 0 Å². The summed E-state index contributed by atoms with van der Waals surface area (Å²) in [5.41, 5.74) is 0.366. The fourth-order valence-electron chi connectivity index (χ4n) is 1.86. The highest BCUT2D eigenvalue weighted by atomic mass is 19.1. The first-order valence-corrected chi connectivity index (χ1v) is 6.13. The number of hydrogen-bond acceptors (Lipinski definition) is 4. The highest BCUT2D eigenvalue weighted by Gasteiger charge is 2.22. The van der Waals surface area contributed by atoms with Crippen LogP contribution in [0.3, 0.4) is 0 Å². The van der Waals surface area contributed by atoms with Gasteiger partial charge in [0, 0.05) is 6.54 Å². The number of carbonyl (C=O) groups is 1. The third-order valence-electron chi connectivity index (χ3n) is 2.70. The van der Waals surface area contributed by atoms with Gasteiger partial charge in [-0.25, -0.2) is 4.79 Å². The Balaban J connectivity index is 2.59. The van der Waals surface area contributed by atoms with Gasteiger partial charge in [0.2, 0.25) is 11.9 Å². The summed E-state index contributed by atoms with van der Waals surface area (Å²) in [6.45, 7) is 4.08. The molecule has 0 saturated heterocycles.